The molecular formula is C10H14N2O4S. The molecule has 1 aromatic heterocycles. The number of hydrogen-bond donors (Lipinski definition) is 0. The highest BCUT2D eigenvalue weighted by Gasteiger charge is 2.06. The number of carbonyl (C=O) groups excluding carboxylic acids is 2. The molecule has 6 nitrogen and oxygen atoms in total. The quantitative estimate of drug-likeness (QED) is 0.718. The van der Waals surface area contributed by atoms with Gasteiger partial charge in [0.1, 0.15) is 13.1 Å². The smallest absolute Gasteiger partial charge is 0.327 e. The number of aromatic nitrogens is 1. The summed E-state index contributed by atoms with van der Waals surface area (Å²) < 4.78 is 10.7. The van der Waals surface area contributed by atoms with Crippen LogP contribution in [0.2, 0.25) is 0 Å². The molecule has 0 bridgehead atoms. The first-order valence-corrected chi connectivity index (χ1v) is 5.69. The Labute approximate surface area is 103 Å². The van der Waals surface area contributed by atoms with Gasteiger partial charge in [-0.2, -0.15) is 0 Å². The average Bonchev–Trinajstić information content (AvgIpc) is 2.66. The predicted octanol–water partition coefficient (Wildman–Crippen LogP) is 0.105. The first-order chi connectivity index (χ1) is 8.06. The number of ether oxygens (including phenoxy) is 2. The Balaban J connectivity index is 2.91. The summed E-state index contributed by atoms with van der Waals surface area (Å²) in [5.41, 5.74) is 0. The van der Waals surface area contributed by atoms with Gasteiger partial charge in [0.05, 0.1) is 14.2 Å². The number of thiazole rings is 1. The van der Waals surface area contributed by atoms with E-state index in [1.165, 1.54) is 25.6 Å². The van der Waals surface area contributed by atoms with Gasteiger partial charge in [0.15, 0.2) is 4.80 Å². The van der Waals surface area contributed by atoms with Crippen LogP contribution in [-0.4, -0.2) is 37.3 Å². The maximum atomic E-state index is 11.2. The summed E-state index contributed by atoms with van der Waals surface area (Å²) in [6, 6.07) is 0. The Bertz CT molecular complexity index is 475. The van der Waals surface area contributed by atoms with E-state index in [2.05, 4.69) is 14.5 Å². The number of carbonyl (C=O) groups is 2. The van der Waals surface area contributed by atoms with Crippen LogP contribution in [0.5, 0.6) is 0 Å². The van der Waals surface area contributed by atoms with E-state index in [1.807, 2.05) is 6.92 Å². The van der Waals surface area contributed by atoms with Crippen LogP contribution in [-0.2, 0) is 25.6 Å². The highest BCUT2D eigenvalue weighted by molar-refractivity contribution is 7.09. The van der Waals surface area contributed by atoms with Gasteiger partial charge >= 0.3 is 11.9 Å². The molecule has 1 heterocycles. The molecule has 0 N–H and O–H groups in total. The van der Waals surface area contributed by atoms with E-state index in [-0.39, 0.29) is 19.1 Å². The minimum absolute atomic E-state index is 0.0579. The van der Waals surface area contributed by atoms with E-state index >= 15 is 0 Å². The summed E-state index contributed by atoms with van der Waals surface area (Å²) in [6.07, 6.45) is 1.79. The fourth-order valence-corrected chi connectivity index (χ4v) is 1.97. The molecule has 0 aliphatic rings. The second kappa shape index (κ2) is 6.19. The Morgan fingerprint density at radius 2 is 2.00 bits per heavy atom. The van der Waals surface area contributed by atoms with Crippen LogP contribution < -0.4 is 4.80 Å². The summed E-state index contributed by atoms with van der Waals surface area (Å²) in [4.78, 5) is 27.8. The fraction of sp³-hybridized carbons (Fsp3) is 0.500. The van der Waals surface area contributed by atoms with Gasteiger partial charge in [0.25, 0.3) is 0 Å². The van der Waals surface area contributed by atoms with E-state index in [0.717, 1.165) is 4.88 Å². The first-order valence-electron chi connectivity index (χ1n) is 4.87. The van der Waals surface area contributed by atoms with Crippen molar-refractivity contribution in [1.29, 1.82) is 0 Å². The normalized spacial score (nSPS) is 11.4. The maximum absolute atomic E-state index is 11.2. The van der Waals surface area contributed by atoms with Crippen molar-refractivity contribution in [3.05, 3.63) is 15.9 Å². The second-order valence-electron chi connectivity index (χ2n) is 3.22. The van der Waals surface area contributed by atoms with E-state index in [0.29, 0.717) is 4.80 Å². The van der Waals surface area contributed by atoms with Crippen molar-refractivity contribution in [2.24, 2.45) is 4.99 Å². The molecular weight excluding hydrogens is 244 g/mol. The molecule has 17 heavy (non-hydrogen) atoms. The summed E-state index contributed by atoms with van der Waals surface area (Å²) in [7, 11) is 2.63. The molecule has 1 rings (SSSR count). The summed E-state index contributed by atoms with van der Waals surface area (Å²) in [5.74, 6) is -0.775. The van der Waals surface area contributed by atoms with Crippen molar-refractivity contribution in [3.63, 3.8) is 0 Å². The summed E-state index contributed by atoms with van der Waals surface area (Å²) >= 11 is 1.40. The van der Waals surface area contributed by atoms with Crippen LogP contribution in [0.4, 0.5) is 0 Å². The van der Waals surface area contributed by atoms with E-state index < -0.39 is 5.97 Å². The number of methoxy groups -OCH3 is 2. The highest BCUT2D eigenvalue weighted by atomic mass is 32.1. The van der Waals surface area contributed by atoms with Crippen LogP contribution in [0.15, 0.2) is 11.2 Å². The Morgan fingerprint density at radius 3 is 2.59 bits per heavy atom. The third-order valence-electron chi connectivity index (χ3n) is 1.93. The van der Waals surface area contributed by atoms with Gasteiger partial charge in [-0.3, -0.25) is 9.59 Å². The van der Waals surface area contributed by atoms with E-state index in [9.17, 15) is 9.59 Å². The third kappa shape index (κ3) is 4.03. The average molecular weight is 258 g/mol. The molecule has 0 aromatic carbocycles. The Kier molecular flexibility index (Phi) is 4.89. The molecule has 94 valence electrons. The number of hydrogen-bond acceptors (Lipinski definition) is 6. The highest BCUT2D eigenvalue weighted by Crippen LogP contribution is 2.01. The van der Waals surface area contributed by atoms with Gasteiger partial charge < -0.3 is 14.0 Å². The lowest BCUT2D eigenvalue weighted by Gasteiger charge is -2.00. The minimum Gasteiger partial charge on any atom is -0.468 e. The van der Waals surface area contributed by atoms with Crippen LogP contribution in [0.1, 0.15) is 4.88 Å². The van der Waals surface area contributed by atoms with Crippen LogP contribution in [0.25, 0.3) is 0 Å². The van der Waals surface area contributed by atoms with Gasteiger partial charge in [-0.15, -0.1) is 11.3 Å². The molecule has 0 fully saturated rings. The largest absolute Gasteiger partial charge is 0.468 e. The SMILES string of the molecule is COC(=O)CN=c1sc(C)cn1CC(=O)OC. The molecule has 1 aromatic rings. The molecule has 0 amide bonds. The Morgan fingerprint density at radius 1 is 1.35 bits per heavy atom. The van der Waals surface area contributed by atoms with Gasteiger partial charge in [0, 0.05) is 11.1 Å². The first kappa shape index (κ1) is 13.4. The van der Waals surface area contributed by atoms with Crippen LogP contribution >= 0.6 is 11.3 Å². The van der Waals surface area contributed by atoms with E-state index in [4.69, 9.17) is 0 Å². The maximum Gasteiger partial charge on any atom is 0.327 e. The lowest BCUT2D eigenvalue weighted by molar-refractivity contribution is -0.141. The fourth-order valence-electron chi connectivity index (χ4n) is 1.14. The zero-order chi connectivity index (χ0) is 12.8. The lowest BCUT2D eigenvalue weighted by atomic mass is 10.6. The monoisotopic (exact) mass is 258 g/mol. The number of aryl methyl sites for hydroxylation is 1. The molecule has 0 aliphatic carbocycles. The molecule has 0 unspecified atom stereocenters. The van der Waals surface area contributed by atoms with Crippen molar-refractivity contribution in [3.8, 4) is 0 Å². The van der Waals surface area contributed by atoms with Crippen molar-refractivity contribution >= 4 is 23.3 Å². The lowest BCUT2D eigenvalue weighted by Crippen LogP contribution is -2.21. The number of nitrogens with zero attached hydrogens (tertiary/aromatic N) is 2. The van der Waals surface area contributed by atoms with E-state index in [1.54, 1.807) is 10.8 Å². The van der Waals surface area contributed by atoms with Crippen LogP contribution in [0.3, 0.4) is 0 Å². The predicted molar refractivity (Wildman–Crippen MR) is 61.5 cm³/mol. The molecule has 0 atom stereocenters. The van der Waals surface area contributed by atoms with Crippen molar-refractivity contribution < 1.29 is 19.1 Å². The van der Waals surface area contributed by atoms with Gasteiger partial charge in [-0.1, -0.05) is 0 Å². The van der Waals surface area contributed by atoms with Gasteiger partial charge in [0.2, 0.25) is 0 Å². The summed E-state index contributed by atoms with van der Waals surface area (Å²) in [6.45, 7) is 1.92. The van der Waals surface area contributed by atoms with Crippen molar-refractivity contribution in [1.82, 2.24) is 4.57 Å². The Hall–Kier alpha value is -1.63. The summed E-state index contributed by atoms with van der Waals surface area (Å²) in [5, 5.41) is 0. The molecule has 7 heteroatoms. The molecule has 0 radical (unpaired) electrons. The topological polar surface area (TPSA) is 69.9 Å². The zero-order valence-corrected chi connectivity index (χ0v) is 10.7. The number of rotatable bonds is 4. The molecule has 0 saturated heterocycles. The zero-order valence-electron chi connectivity index (χ0n) is 9.93. The second-order valence-corrected chi connectivity index (χ2v) is 4.43. The van der Waals surface area contributed by atoms with Crippen molar-refractivity contribution in [2.45, 2.75) is 13.5 Å². The third-order valence-corrected chi connectivity index (χ3v) is 2.91. The van der Waals surface area contributed by atoms with Gasteiger partial charge in [-0.25, -0.2) is 4.99 Å². The van der Waals surface area contributed by atoms with Gasteiger partial charge in [-0.05, 0) is 6.92 Å². The van der Waals surface area contributed by atoms with Crippen molar-refractivity contribution in [2.75, 3.05) is 20.8 Å². The molecule has 0 spiro atoms. The molecule has 0 saturated carbocycles. The van der Waals surface area contributed by atoms with Crippen LogP contribution in [0, 0.1) is 6.92 Å². The number of esters is 2. The minimum atomic E-state index is -0.416. The standard InChI is InChI=1S/C10H14N2O4S/c1-7-5-12(6-9(14)16-3)10(17-7)11-4-8(13)15-2/h5H,4,6H2,1-3H3. The molecule has 0 aliphatic heterocycles.